The maximum Gasteiger partial charge on any atom is 0.240 e. The Morgan fingerprint density at radius 3 is 2.19 bits per heavy atom. The molecule has 2 aromatic rings. The number of amides is 1. The summed E-state index contributed by atoms with van der Waals surface area (Å²) >= 11 is 0. The number of hydrogen-bond donors (Lipinski definition) is 2. The van der Waals surface area contributed by atoms with E-state index >= 15 is 0 Å². The van der Waals surface area contributed by atoms with Gasteiger partial charge in [0.15, 0.2) is 0 Å². The van der Waals surface area contributed by atoms with Gasteiger partial charge in [-0.3, -0.25) is 4.79 Å². The van der Waals surface area contributed by atoms with Gasteiger partial charge in [0.2, 0.25) is 15.9 Å². The predicted molar refractivity (Wildman–Crippen MR) is 103 cm³/mol. The zero-order valence-electron chi connectivity index (χ0n) is 15.1. The lowest BCUT2D eigenvalue weighted by atomic mass is 10.1. The topological polar surface area (TPSA) is 75.3 Å². The lowest BCUT2D eigenvalue weighted by molar-refractivity contribution is -0.121. The average Bonchev–Trinajstić information content (AvgIpc) is 2.66. The first-order valence-corrected chi connectivity index (χ1v) is 10.4. The molecule has 2 rings (SSSR count). The van der Waals surface area contributed by atoms with Crippen molar-refractivity contribution < 1.29 is 13.2 Å². The highest BCUT2D eigenvalue weighted by atomic mass is 32.2. The summed E-state index contributed by atoms with van der Waals surface area (Å²) in [5.41, 5.74) is 2.14. The van der Waals surface area contributed by atoms with Crippen molar-refractivity contribution in [2.45, 2.75) is 37.5 Å². The Morgan fingerprint density at radius 2 is 1.54 bits per heavy atom. The van der Waals surface area contributed by atoms with Gasteiger partial charge in [-0.05, 0) is 42.5 Å². The van der Waals surface area contributed by atoms with Crippen molar-refractivity contribution in [3.05, 3.63) is 65.7 Å². The van der Waals surface area contributed by atoms with Gasteiger partial charge in [0.1, 0.15) is 0 Å². The summed E-state index contributed by atoms with van der Waals surface area (Å²) in [4.78, 5) is 12.2. The molecule has 2 N–H and O–H groups in total. The molecule has 1 amide bonds. The summed E-state index contributed by atoms with van der Waals surface area (Å²) in [6.45, 7) is 2.95. The molecule has 6 heteroatoms. The minimum atomic E-state index is -3.44. The molecular formula is C20H26N2O3S. The molecule has 0 aliphatic heterocycles. The molecule has 5 nitrogen and oxygen atoms in total. The van der Waals surface area contributed by atoms with E-state index in [4.69, 9.17) is 0 Å². The van der Waals surface area contributed by atoms with E-state index in [1.165, 1.54) is 5.56 Å². The van der Waals surface area contributed by atoms with E-state index in [1.807, 2.05) is 37.3 Å². The number of sulfonamides is 1. The second kappa shape index (κ2) is 10.1. The molecule has 26 heavy (non-hydrogen) atoms. The first-order valence-electron chi connectivity index (χ1n) is 8.90. The third-order valence-electron chi connectivity index (χ3n) is 4.00. The third kappa shape index (κ3) is 6.61. The highest BCUT2D eigenvalue weighted by molar-refractivity contribution is 7.89. The number of carbonyl (C=O) groups excluding carboxylic acids is 1. The fourth-order valence-corrected chi connectivity index (χ4v) is 3.63. The molecule has 0 radical (unpaired) electrons. The van der Waals surface area contributed by atoms with E-state index in [1.54, 1.807) is 24.3 Å². The fraction of sp³-hybridized carbons (Fsp3) is 0.350. The summed E-state index contributed by atoms with van der Waals surface area (Å²) in [5.74, 6) is 0.00208. The van der Waals surface area contributed by atoms with Crippen molar-refractivity contribution in [2.24, 2.45) is 0 Å². The van der Waals surface area contributed by atoms with Gasteiger partial charge in [0.25, 0.3) is 0 Å². The van der Waals surface area contributed by atoms with E-state index < -0.39 is 10.0 Å². The Hall–Kier alpha value is -2.18. The van der Waals surface area contributed by atoms with Crippen molar-refractivity contribution in [2.75, 3.05) is 13.1 Å². The van der Waals surface area contributed by atoms with Gasteiger partial charge < -0.3 is 5.32 Å². The van der Waals surface area contributed by atoms with Crippen molar-refractivity contribution in [1.29, 1.82) is 0 Å². The van der Waals surface area contributed by atoms with Gasteiger partial charge in [0.05, 0.1) is 4.90 Å². The van der Waals surface area contributed by atoms with Crippen LogP contribution in [0.4, 0.5) is 0 Å². The number of nitrogens with one attached hydrogen (secondary N) is 2. The van der Waals surface area contributed by atoms with Gasteiger partial charge in [-0.15, -0.1) is 0 Å². The van der Waals surface area contributed by atoms with Crippen molar-refractivity contribution >= 4 is 15.9 Å². The third-order valence-corrected chi connectivity index (χ3v) is 5.47. The number of aryl methyl sites for hydroxylation is 1. The summed E-state index contributed by atoms with van der Waals surface area (Å²) in [7, 11) is -3.44. The molecule has 0 saturated carbocycles. The Balaban J connectivity index is 1.76. The van der Waals surface area contributed by atoms with E-state index in [-0.39, 0.29) is 10.8 Å². The second-order valence-corrected chi connectivity index (χ2v) is 7.89. The van der Waals surface area contributed by atoms with Crippen LogP contribution in [-0.2, 0) is 27.7 Å². The van der Waals surface area contributed by atoms with Crippen LogP contribution in [0.5, 0.6) is 0 Å². The maximum absolute atomic E-state index is 12.0. The Kier molecular flexibility index (Phi) is 7.81. The summed E-state index contributed by atoms with van der Waals surface area (Å²) < 4.78 is 26.6. The molecular weight excluding hydrogens is 348 g/mol. The summed E-state index contributed by atoms with van der Waals surface area (Å²) in [6, 6.07) is 16.7. The molecule has 0 spiro atoms. The second-order valence-electron chi connectivity index (χ2n) is 6.13. The molecule has 0 aromatic heterocycles. The smallest absolute Gasteiger partial charge is 0.240 e. The zero-order valence-corrected chi connectivity index (χ0v) is 15.9. The zero-order chi connectivity index (χ0) is 18.8. The Morgan fingerprint density at radius 1 is 0.885 bits per heavy atom. The van der Waals surface area contributed by atoms with Gasteiger partial charge in [-0.1, -0.05) is 49.4 Å². The summed E-state index contributed by atoms with van der Waals surface area (Å²) in [5, 5.41) is 2.92. The minimum absolute atomic E-state index is 0.00208. The molecule has 0 heterocycles. The van der Waals surface area contributed by atoms with Crippen LogP contribution in [0.1, 0.15) is 30.9 Å². The normalized spacial score (nSPS) is 11.3. The lowest BCUT2D eigenvalue weighted by Crippen LogP contribution is -2.26. The minimum Gasteiger partial charge on any atom is -0.356 e. The highest BCUT2D eigenvalue weighted by Crippen LogP contribution is 2.12. The van der Waals surface area contributed by atoms with Crippen molar-refractivity contribution in [3.63, 3.8) is 0 Å². The molecule has 140 valence electrons. The van der Waals surface area contributed by atoms with Gasteiger partial charge >= 0.3 is 0 Å². The number of rotatable bonds is 10. The van der Waals surface area contributed by atoms with Gasteiger partial charge in [-0.2, -0.15) is 0 Å². The molecule has 2 aromatic carbocycles. The predicted octanol–water partition coefficient (Wildman–Crippen LogP) is 2.67. The van der Waals surface area contributed by atoms with Crippen LogP contribution in [0.3, 0.4) is 0 Å². The van der Waals surface area contributed by atoms with Crippen LogP contribution in [0.2, 0.25) is 0 Å². The highest BCUT2D eigenvalue weighted by Gasteiger charge is 2.12. The first kappa shape index (κ1) is 20.1. The van der Waals surface area contributed by atoms with E-state index in [2.05, 4.69) is 10.0 Å². The van der Waals surface area contributed by atoms with Crippen molar-refractivity contribution in [1.82, 2.24) is 10.0 Å². The molecule has 0 saturated heterocycles. The van der Waals surface area contributed by atoms with Gasteiger partial charge in [0, 0.05) is 19.5 Å². The van der Waals surface area contributed by atoms with Crippen LogP contribution in [0, 0.1) is 0 Å². The van der Waals surface area contributed by atoms with Crippen molar-refractivity contribution in [3.8, 4) is 0 Å². The monoisotopic (exact) mass is 374 g/mol. The van der Waals surface area contributed by atoms with Crippen LogP contribution in [0.25, 0.3) is 0 Å². The van der Waals surface area contributed by atoms with E-state index in [9.17, 15) is 13.2 Å². The number of benzene rings is 2. The maximum atomic E-state index is 12.0. The first-order chi connectivity index (χ1) is 12.5. The molecule has 0 aliphatic carbocycles. The van der Waals surface area contributed by atoms with E-state index in [0.717, 1.165) is 18.4 Å². The van der Waals surface area contributed by atoms with E-state index in [0.29, 0.717) is 25.9 Å². The van der Waals surface area contributed by atoms with Crippen LogP contribution in [-0.4, -0.2) is 27.4 Å². The largest absolute Gasteiger partial charge is 0.356 e. The molecule has 0 atom stereocenters. The molecule has 0 fully saturated rings. The Labute approximate surface area is 155 Å². The van der Waals surface area contributed by atoms with Crippen LogP contribution >= 0.6 is 0 Å². The SMILES string of the molecule is CCCNS(=O)(=O)c1ccc(CCC(=O)NCCc2ccccc2)cc1. The molecule has 0 unspecified atom stereocenters. The quantitative estimate of drug-likeness (QED) is 0.671. The standard InChI is InChI=1S/C20H26N2O3S/c1-2-15-22-26(24,25)19-11-8-18(9-12-19)10-13-20(23)21-16-14-17-6-4-3-5-7-17/h3-9,11-12,22H,2,10,13-16H2,1H3,(H,21,23). The average molecular weight is 375 g/mol. The molecule has 0 aliphatic rings. The van der Waals surface area contributed by atoms with Crippen LogP contribution in [0.15, 0.2) is 59.5 Å². The molecule has 0 bridgehead atoms. The van der Waals surface area contributed by atoms with Crippen LogP contribution < -0.4 is 10.0 Å². The van der Waals surface area contributed by atoms with Gasteiger partial charge in [-0.25, -0.2) is 13.1 Å². The number of hydrogen-bond acceptors (Lipinski definition) is 3. The Bertz CT molecular complexity index is 788. The number of carbonyl (C=O) groups is 1. The summed E-state index contributed by atoms with van der Waals surface area (Å²) in [6.07, 6.45) is 2.52. The lowest BCUT2D eigenvalue weighted by Gasteiger charge is -2.08. The fourth-order valence-electron chi connectivity index (χ4n) is 2.49.